The highest BCUT2D eigenvalue weighted by atomic mass is 32.1. The number of amides is 3. The quantitative estimate of drug-likeness (QED) is 0.221. The molecule has 41 heavy (non-hydrogen) atoms. The third-order valence-electron chi connectivity index (χ3n) is 6.60. The van der Waals surface area contributed by atoms with Gasteiger partial charge in [-0.1, -0.05) is 36.4 Å². The number of fused-ring (bicyclic) bond motifs is 1. The fourth-order valence-electron chi connectivity index (χ4n) is 4.63. The number of pyridine rings is 2. The van der Waals surface area contributed by atoms with E-state index in [2.05, 4.69) is 20.9 Å². The normalized spacial score (nSPS) is 10.9. The molecule has 5 aromatic rings. The van der Waals surface area contributed by atoms with Gasteiger partial charge in [0.2, 0.25) is 5.43 Å². The zero-order valence-electron chi connectivity index (χ0n) is 23.0. The maximum absolute atomic E-state index is 13.5. The fourth-order valence-corrected chi connectivity index (χ4v) is 5.49. The second-order valence-corrected chi connectivity index (χ2v) is 10.1. The number of hydrogen-bond donors (Lipinski definition) is 3. The van der Waals surface area contributed by atoms with Crippen molar-refractivity contribution in [1.29, 1.82) is 0 Å². The lowest BCUT2D eigenvalue weighted by molar-refractivity contribution is 0.0954. The highest BCUT2D eigenvalue weighted by Gasteiger charge is 2.19. The zero-order valence-corrected chi connectivity index (χ0v) is 23.8. The number of nitrogens with one attached hydrogen (secondary N) is 3. The van der Waals surface area contributed by atoms with E-state index in [0.717, 1.165) is 38.5 Å². The summed E-state index contributed by atoms with van der Waals surface area (Å²) in [7, 11) is 0. The first-order valence-electron chi connectivity index (χ1n) is 13.4. The van der Waals surface area contributed by atoms with Crippen LogP contribution in [0.5, 0.6) is 0 Å². The van der Waals surface area contributed by atoms with E-state index in [4.69, 9.17) is 4.98 Å². The van der Waals surface area contributed by atoms with Crippen molar-refractivity contribution in [2.24, 2.45) is 0 Å². The molecule has 0 spiro atoms. The van der Waals surface area contributed by atoms with Gasteiger partial charge in [0.1, 0.15) is 16.4 Å². The summed E-state index contributed by atoms with van der Waals surface area (Å²) in [5.74, 6) is -0.0230. The first-order chi connectivity index (χ1) is 19.9. The predicted octanol–water partition coefficient (Wildman–Crippen LogP) is 5.77. The van der Waals surface area contributed by atoms with Gasteiger partial charge in [-0.15, -0.1) is 11.3 Å². The molecule has 3 aromatic heterocycles. The SMILES string of the molecule is CCNC(=O)Nc1cc(-c2nc(-c3ccccc3)cs2)c(-c2ccc3c(c2)c(=O)c(C(=O)NCC)cn3CC)cn1. The molecule has 3 N–H and O–H groups in total. The van der Waals surface area contributed by atoms with E-state index < -0.39 is 5.91 Å². The van der Waals surface area contributed by atoms with Crippen LogP contribution in [0.15, 0.2) is 77.2 Å². The summed E-state index contributed by atoms with van der Waals surface area (Å²) < 4.78 is 1.90. The van der Waals surface area contributed by atoms with Gasteiger partial charge in [0, 0.05) is 59.5 Å². The van der Waals surface area contributed by atoms with Crippen LogP contribution in [0.2, 0.25) is 0 Å². The summed E-state index contributed by atoms with van der Waals surface area (Å²) in [5.41, 5.74) is 4.58. The highest BCUT2D eigenvalue weighted by molar-refractivity contribution is 7.13. The maximum atomic E-state index is 13.5. The van der Waals surface area contributed by atoms with Crippen molar-refractivity contribution in [2.75, 3.05) is 18.4 Å². The van der Waals surface area contributed by atoms with Crippen molar-refractivity contribution in [3.8, 4) is 33.0 Å². The molecule has 5 rings (SSSR count). The van der Waals surface area contributed by atoms with Crippen molar-refractivity contribution in [3.63, 3.8) is 0 Å². The minimum Gasteiger partial charge on any atom is -0.352 e. The van der Waals surface area contributed by atoms with Crippen molar-refractivity contribution in [3.05, 3.63) is 88.2 Å². The molecule has 0 unspecified atom stereocenters. The molecule has 0 radical (unpaired) electrons. The summed E-state index contributed by atoms with van der Waals surface area (Å²) in [5, 5.41) is 11.4. The molecule has 0 aliphatic rings. The molecule has 0 aliphatic heterocycles. The van der Waals surface area contributed by atoms with E-state index in [1.807, 2.05) is 73.2 Å². The number of aromatic nitrogens is 3. The van der Waals surface area contributed by atoms with E-state index in [9.17, 15) is 14.4 Å². The molecule has 0 atom stereocenters. The molecule has 9 nitrogen and oxygen atoms in total. The Kier molecular flexibility index (Phi) is 8.21. The summed E-state index contributed by atoms with van der Waals surface area (Å²) in [6, 6.07) is 17.0. The Morgan fingerprint density at radius 1 is 0.927 bits per heavy atom. The third-order valence-corrected chi connectivity index (χ3v) is 7.48. The van der Waals surface area contributed by atoms with E-state index in [1.54, 1.807) is 24.5 Å². The number of carbonyl (C=O) groups excluding carboxylic acids is 2. The molecule has 2 aromatic carbocycles. The van der Waals surface area contributed by atoms with Gasteiger partial charge in [0.05, 0.1) is 11.2 Å². The predicted molar refractivity (Wildman–Crippen MR) is 164 cm³/mol. The molecule has 0 saturated heterocycles. The molecule has 0 aliphatic carbocycles. The number of anilines is 1. The van der Waals surface area contributed by atoms with Crippen LogP contribution in [-0.4, -0.2) is 39.6 Å². The standard InChI is InChI=1S/C31H30N6O3S/c1-4-32-29(39)24-17-37(6-3)26-13-12-20(14-22(26)28(24)38)23-16-34-27(36-31(40)33-5-2)15-21(23)30-35-25(18-41-30)19-10-8-7-9-11-19/h7-18H,4-6H2,1-3H3,(H,32,39)(H2,33,34,36,40). The number of carbonyl (C=O) groups is 2. The topological polar surface area (TPSA) is 118 Å². The molecule has 0 fully saturated rings. The van der Waals surface area contributed by atoms with Gasteiger partial charge >= 0.3 is 6.03 Å². The van der Waals surface area contributed by atoms with Crippen LogP contribution in [0.1, 0.15) is 31.1 Å². The minimum absolute atomic E-state index is 0.102. The van der Waals surface area contributed by atoms with E-state index in [0.29, 0.717) is 30.8 Å². The van der Waals surface area contributed by atoms with Crippen LogP contribution >= 0.6 is 11.3 Å². The number of rotatable bonds is 8. The van der Waals surface area contributed by atoms with Crippen LogP contribution in [-0.2, 0) is 6.54 Å². The molecule has 208 valence electrons. The summed E-state index contributed by atoms with van der Waals surface area (Å²) >= 11 is 1.48. The minimum atomic E-state index is -0.397. The monoisotopic (exact) mass is 566 g/mol. The first kappa shape index (κ1) is 27.7. The second-order valence-electron chi connectivity index (χ2n) is 9.25. The Balaban J connectivity index is 1.67. The van der Waals surface area contributed by atoms with Crippen LogP contribution < -0.4 is 21.4 Å². The number of hydrogen-bond acceptors (Lipinski definition) is 6. The highest BCUT2D eigenvalue weighted by Crippen LogP contribution is 2.37. The van der Waals surface area contributed by atoms with Crippen LogP contribution in [0.4, 0.5) is 10.6 Å². The Bertz CT molecular complexity index is 1800. The van der Waals surface area contributed by atoms with Crippen LogP contribution in [0, 0.1) is 0 Å². The Labute approximate surface area is 241 Å². The molecule has 0 bridgehead atoms. The molecule has 10 heteroatoms. The average molecular weight is 567 g/mol. The molecule has 3 heterocycles. The van der Waals surface area contributed by atoms with Gasteiger partial charge in [-0.3, -0.25) is 14.9 Å². The number of aryl methyl sites for hydroxylation is 1. The van der Waals surface area contributed by atoms with E-state index in [-0.39, 0.29) is 17.0 Å². The summed E-state index contributed by atoms with van der Waals surface area (Å²) in [4.78, 5) is 47.8. The Hall–Kier alpha value is -4.83. The lowest BCUT2D eigenvalue weighted by atomic mass is 9.99. The van der Waals surface area contributed by atoms with Gasteiger partial charge < -0.3 is 15.2 Å². The summed E-state index contributed by atoms with van der Waals surface area (Å²) in [6.07, 6.45) is 3.29. The van der Waals surface area contributed by atoms with E-state index in [1.165, 1.54) is 11.3 Å². The lowest BCUT2D eigenvalue weighted by Gasteiger charge is -2.14. The van der Waals surface area contributed by atoms with Crippen LogP contribution in [0.3, 0.4) is 0 Å². The van der Waals surface area contributed by atoms with Crippen LogP contribution in [0.25, 0.3) is 43.9 Å². The van der Waals surface area contributed by atoms with Crippen molar-refractivity contribution < 1.29 is 9.59 Å². The average Bonchev–Trinajstić information content (AvgIpc) is 3.48. The number of urea groups is 1. The largest absolute Gasteiger partial charge is 0.352 e. The number of nitrogens with zero attached hydrogens (tertiary/aromatic N) is 3. The smallest absolute Gasteiger partial charge is 0.320 e. The Morgan fingerprint density at radius 3 is 2.44 bits per heavy atom. The molecule has 3 amide bonds. The lowest BCUT2D eigenvalue weighted by Crippen LogP contribution is -2.29. The Morgan fingerprint density at radius 2 is 1.71 bits per heavy atom. The van der Waals surface area contributed by atoms with Gasteiger partial charge in [0.15, 0.2) is 0 Å². The zero-order chi connectivity index (χ0) is 28.9. The molecule has 0 saturated carbocycles. The van der Waals surface area contributed by atoms with E-state index >= 15 is 0 Å². The summed E-state index contributed by atoms with van der Waals surface area (Å²) in [6.45, 7) is 7.12. The van der Waals surface area contributed by atoms with Crippen molar-refractivity contribution in [2.45, 2.75) is 27.3 Å². The van der Waals surface area contributed by atoms with Crippen molar-refractivity contribution >= 4 is 40.0 Å². The van der Waals surface area contributed by atoms with Gasteiger partial charge in [-0.25, -0.2) is 14.8 Å². The van der Waals surface area contributed by atoms with Gasteiger partial charge in [-0.2, -0.15) is 0 Å². The molecular formula is C31H30N6O3S. The maximum Gasteiger partial charge on any atom is 0.320 e. The van der Waals surface area contributed by atoms with Crippen molar-refractivity contribution in [1.82, 2.24) is 25.2 Å². The fraction of sp³-hybridized carbons (Fsp3) is 0.194. The molecular weight excluding hydrogens is 536 g/mol. The van der Waals surface area contributed by atoms with Gasteiger partial charge in [-0.05, 0) is 44.5 Å². The number of thiazole rings is 1. The first-order valence-corrected chi connectivity index (χ1v) is 14.3. The third kappa shape index (κ3) is 5.73. The second kappa shape index (κ2) is 12.1. The van der Waals surface area contributed by atoms with Gasteiger partial charge in [0.25, 0.3) is 5.91 Å². The number of benzene rings is 2.